The minimum atomic E-state index is -1.84. The number of aliphatic hydroxyl groups is 2. The van der Waals surface area contributed by atoms with Crippen molar-refractivity contribution >= 4 is 17.7 Å². The molecule has 2 bridgehead atoms. The van der Waals surface area contributed by atoms with E-state index in [1.54, 1.807) is 37.3 Å². The van der Waals surface area contributed by atoms with E-state index in [-0.39, 0.29) is 30.4 Å². The summed E-state index contributed by atoms with van der Waals surface area (Å²) < 4.78 is 32.3. The average Bonchev–Trinajstić information content (AvgIpc) is 3.50. The summed E-state index contributed by atoms with van der Waals surface area (Å²) in [5.41, 5.74) is 0.546. The lowest BCUT2D eigenvalue weighted by Gasteiger charge is -2.50. The molecule has 0 radical (unpaired) electrons. The molecule has 5 aliphatic rings. The molecule has 0 unspecified atom stereocenters. The summed E-state index contributed by atoms with van der Waals surface area (Å²) in [5, 5.41) is 27.5. The van der Waals surface area contributed by atoms with Gasteiger partial charge in [0.1, 0.15) is 43.0 Å². The fourth-order valence-electron chi connectivity index (χ4n) is 8.70. The van der Waals surface area contributed by atoms with Gasteiger partial charge in [-0.15, -0.1) is 0 Å². The van der Waals surface area contributed by atoms with Gasteiger partial charge in [0.05, 0.1) is 18.8 Å². The van der Waals surface area contributed by atoms with Gasteiger partial charge in [0, 0.05) is 30.7 Å². The van der Waals surface area contributed by atoms with E-state index < -0.39 is 53.7 Å². The first kappa shape index (κ1) is 40.1. The highest BCUT2D eigenvalue weighted by Crippen LogP contribution is 2.47. The summed E-state index contributed by atoms with van der Waals surface area (Å²) in [6.07, 6.45) is 11.1. The van der Waals surface area contributed by atoms with Crippen molar-refractivity contribution in [1.29, 1.82) is 0 Å². The average molecular weight is 748 g/mol. The molecule has 4 aliphatic heterocycles. The largest absolute Gasteiger partial charge is 0.462 e. The number of ether oxygens (including phenoxy) is 5. The number of unbranched alkanes of at least 4 members (excludes halogenated alkanes) is 1. The minimum absolute atomic E-state index is 0.0146. The zero-order valence-corrected chi connectivity index (χ0v) is 32.4. The van der Waals surface area contributed by atoms with Crippen LogP contribution in [0.25, 0.3) is 0 Å². The van der Waals surface area contributed by atoms with Gasteiger partial charge in [-0.25, -0.2) is 4.79 Å². The molecule has 1 aliphatic carbocycles. The minimum Gasteiger partial charge on any atom is -0.462 e. The van der Waals surface area contributed by atoms with Crippen LogP contribution < -0.4 is 0 Å². The third-order valence-electron chi connectivity index (χ3n) is 11.8. The molecule has 0 amide bonds. The van der Waals surface area contributed by atoms with E-state index in [1.807, 2.05) is 44.2 Å². The number of carbonyl (C=O) groups excluding carboxylic acids is 2. The lowest BCUT2D eigenvalue weighted by molar-refractivity contribution is -0.335. The van der Waals surface area contributed by atoms with Crippen molar-refractivity contribution in [3.63, 3.8) is 0 Å². The summed E-state index contributed by atoms with van der Waals surface area (Å²) in [7, 11) is 1.38. The monoisotopic (exact) mass is 747 g/mol. The Balaban J connectivity index is 1.39. The van der Waals surface area contributed by atoms with Crippen LogP contribution in [0.15, 0.2) is 82.6 Å². The van der Waals surface area contributed by atoms with E-state index in [1.165, 1.54) is 7.11 Å². The van der Waals surface area contributed by atoms with E-state index in [4.69, 9.17) is 28.5 Å². The second-order valence-corrected chi connectivity index (χ2v) is 15.8. The molecule has 1 aromatic rings. The van der Waals surface area contributed by atoms with Gasteiger partial charge in [-0.1, -0.05) is 99.5 Å². The van der Waals surface area contributed by atoms with Gasteiger partial charge >= 0.3 is 11.9 Å². The van der Waals surface area contributed by atoms with Crippen molar-refractivity contribution in [2.75, 3.05) is 13.7 Å². The first-order chi connectivity index (χ1) is 25.9. The predicted molar refractivity (Wildman–Crippen MR) is 202 cm³/mol. The van der Waals surface area contributed by atoms with Gasteiger partial charge in [-0.2, -0.15) is 0 Å². The maximum atomic E-state index is 14.2. The maximum absolute atomic E-state index is 14.2. The molecule has 11 atom stereocenters. The van der Waals surface area contributed by atoms with E-state index in [2.05, 4.69) is 19.0 Å². The quantitative estimate of drug-likeness (QED) is 0.142. The number of fused-ring (bicyclic) bond motifs is 2. The number of hydrogen-bond acceptors (Lipinski definition) is 11. The van der Waals surface area contributed by atoms with Crippen molar-refractivity contribution in [2.24, 2.45) is 22.9 Å². The number of aliphatic hydroxyl groups excluding tert-OH is 1. The Morgan fingerprint density at radius 1 is 1.09 bits per heavy atom. The molecule has 0 saturated carbocycles. The first-order valence-electron chi connectivity index (χ1n) is 19.6. The smallest absolute Gasteiger partial charge is 0.361 e. The number of esters is 2. The van der Waals surface area contributed by atoms with E-state index >= 15 is 0 Å². The first-order valence-corrected chi connectivity index (χ1v) is 19.6. The second kappa shape index (κ2) is 17.0. The Bertz CT molecular complexity index is 1670. The molecule has 11 nitrogen and oxygen atoms in total. The lowest BCUT2D eigenvalue weighted by Crippen LogP contribution is -2.58. The van der Waals surface area contributed by atoms with Crippen molar-refractivity contribution in [3.8, 4) is 0 Å². The number of carbonyl (C=O) groups is 2. The Morgan fingerprint density at radius 3 is 2.61 bits per heavy atom. The summed E-state index contributed by atoms with van der Waals surface area (Å²) >= 11 is 0. The third-order valence-corrected chi connectivity index (χ3v) is 11.8. The molecule has 294 valence electrons. The second-order valence-electron chi connectivity index (χ2n) is 15.8. The maximum Gasteiger partial charge on any atom is 0.361 e. The van der Waals surface area contributed by atoms with Crippen LogP contribution in [0, 0.1) is 17.8 Å². The van der Waals surface area contributed by atoms with Crippen LogP contribution in [-0.2, 0) is 38.1 Å². The SMILES string of the molecule is CCCC[C@H]1O[C@]2(CC[C@@H]1C)C[C@@H]1C[C@@H](C/C=C(\C)[C@H](OC(=O)/C(=N\OC)c3ccccc3)[C@@H](C)/C=C/C=C3\CO[C@@H]4[C@H](O)C(C)=C[C@@H](C(=O)O1)[C@]34O)O2. The zero-order valence-electron chi connectivity index (χ0n) is 32.4. The van der Waals surface area contributed by atoms with Crippen LogP contribution in [0.5, 0.6) is 0 Å². The van der Waals surface area contributed by atoms with Crippen LogP contribution in [0.4, 0.5) is 0 Å². The molecule has 2 N–H and O–H groups in total. The molecular weight excluding hydrogens is 690 g/mol. The van der Waals surface area contributed by atoms with Crippen LogP contribution in [0.2, 0.25) is 0 Å². The zero-order chi connectivity index (χ0) is 38.6. The molecule has 6 rings (SSSR count). The Kier molecular flexibility index (Phi) is 12.6. The molecule has 54 heavy (non-hydrogen) atoms. The highest BCUT2D eigenvalue weighted by atomic mass is 16.7. The van der Waals surface area contributed by atoms with Crippen LogP contribution >= 0.6 is 0 Å². The lowest BCUT2D eigenvalue weighted by atomic mass is 9.71. The van der Waals surface area contributed by atoms with E-state index in [0.717, 1.165) is 31.3 Å². The Hall–Kier alpha value is -3.61. The molecule has 3 fully saturated rings. The van der Waals surface area contributed by atoms with Gasteiger partial charge < -0.3 is 38.7 Å². The third kappa shape index (κ3) is 8.31. The standard InChI is InChI=1S/C43H57NO10/c1-7-8-17-35-26(2)20-21-42(54-35)24-33-23-32(53-42)19-18-28(4)38(52-41(47)36(44-49-6)30-14-10-9-11-15-30)27(3)13-12-16-31-25-50-39-37(45)29(5)22-34(40(46)51-33)43(31,39)48/h9-16,18,22,26-27,32-35,37-39,45,48H,7-8,17,19-21,23-25H2,1-6H3/b13-12+,28-18+,31-16+,44-36-/t26-,27-,32+,33-,34-,35+,37+,38+,39+,42+,43+/m0/s1. The van der Waals surface area contributed by atoms with Gasteiger partial charge in [0.25, 0.3) is 0 Å². The number of hydrogen-bond donors (Lipinski definition) is 2. The molecule has 3 saturated heterocycles. The van der Waals surface area contributed by atoms with Crippen molar-refractivity contribution in [1.82, 2.24) is 0 Å². The topological polar surface area (TPSA) is 142 Å². The molecule has 1 spiro atoms. The molecule has 11 heteroatoms. The van der Waals surface area contributed by atoms with Crippen LogP contribution in [-0.4, -0.2) is 89.6 Å². The summed E-state index contributed by atoms with van der Waals surface area (Å²) in [4.78, 5) is 33.1. The highest BCUT2D eigenvalue weighted by molar-refractivity contribution is 6.43. The van der Waals surface area contributed by atoms with Gasteiger partial charge in [0.15, 0.2) is 11.5 Å². The summed E-state index contributed by atoms with van der Waals surface area (Å²) in [6.45, 7) is 10.0. The van der Waals surface area contributed by atoms with Crippen molar-refractivity contribution in [3.05, 3.63) is 83.0 Å². The number of rotatable bonds is 7. The fourth-order valence-corrected chi connectivity index (χ4v) is 8.70. The van der Waals surface area contributed by atoms with Crippen LogP contribution in [0.1, 0.15) is 91.5 Å². The number of nitrogens with zero attached hydrogens (tertiary/aromatic N) is 1. The fraction of sp³-hybridized carbons (Fsp3) is 0.605. The predicted octanol–water partition coefficient (Wildman–Crippen LogP) is 6.28. The van der Waals surface area contributed by atoms with Gasteiger partial charge in [-0.3, -0.25) is 4.79 Å². The highest BCUT2D eigenvalue weighted by Gasteiger charge is 2.60. The number of benzene rings is 1. The molecule has 0 aromatic heterocycles. The number of oxime groups is 1. The van der Waals surface area contributed by atoms with E-state index in [9.17, 15) is 19.8 Å². The van der Waals surface area contributed by atoms with E-state index in [0.29, 0.717) is 48.3 Å². The molecule has 4 heterocycles. The van der Waals surface area contributed by atoms with Crippen molar-refractivity contribution in [2.45, 2.75) is 134 Å². The molecule has 1 aromatic carbocycles. The van der Waals surface area contributed by atoms with Gasteiger partial charge in [-0.05, 0) is 55.7 Å². The molecular formula is C43H57NO10. The van der Waals surface area contributed by atoms with Gasteiger partial charge in [0.2, 0.25) is 0 Å². The Labute approximate surface area is 319 Å². The normalized spacial score (nSPS) is 39.9. The van der Waals surface area contributed by atoms with Crippen molar-refractivity contribution < 1.29 is 48.3 Å². The number of allylic oxidation sites excluding steroid dienone is 2. The Morgan fingerprint density at radius 2 is 1.87 bits per heavy atom. The summed E-state index contributed by atoms with van der Waals surface area (Å²) in [6, 6.07) is 9.01. The summed E-state index contributed by atoms with van der Waals surface area (Å²) in [5.74, 6) is -3.23. The van der Waals surface area contributed by atoms with Crippen LogP contribution in [0.3, 0.4) is 0 Å².